The fourth-order valence-electron chi connectivity index (χ4n) is 2.55. The number of hydrogen-bond donors (Lipinski definition) is 1. The third-order valence-electron chi connectivity index (χ3n) is 3.94. The van der Waals surface area contributed by atoms with E-state index in [0.717, 1.165) is 22.5 Å². The predicted molar refractivity (Wildman–Crippen MR) is 89.8 cm³/mol. The molecule has 1 N–H and O–H groups in total. The first kappa shape index (κ1) is 20.4. The molecule has 0 unspecified atom stereocenters. The Kier molecular flexibility index (Phi) is 6.43. The minimum atomic E-state index is -4.61. The molecule has 1 aromatic carbocycles. The van der Waals surface area contributed by atoms with Crippen molar-refractivity contribution in [3.63, 3.8) is 0 Å². The number of carbonyl (C=O) groups is 1. The first-order valence-electron chi connectivity index (χ1n) is 7.92. The second-order valence-electron chi connectivity index (χ2n) is 5.80. The van der Waals surface area contributed by atoms with Crippen LogP contribution in [0.15, 0.2) is 41.8 Å². The maximum Gasteiger partial charge on any atom is 0.416 e. The molecule has 1 saturated heterocycles. The van der Waals surface area contributed by atoms with Crippen LogP contribution in [0.3, 0.4) is 0 Å². The monoisotopic (exact) mass is 391 g/mol. The van der Waals surface area contributed by atoms with Crippen molar-refractivity contribution in [2.24, 2.45) is 0 Å². The number of benzene rings is 1. The molecule has 0 aromatic heterocycles. The lowest BCUT2D eigenvalue weighted by molar-refractivity contribution is -0.137. The topological polar surface area (TPSA) is 69.7 Å². The van der Waals surface area contributed by atoms with Gasteiger partial charge in [0.25, 0.3) is 0 Å². The van der Waals surface area contributed by atoms with Gasteiger partial charge in [0, 0.05) is 32.7 Å². The summed E-state index contributed by atoms with van der Waals surface area (Å²) in [6.45, 7) is 4.82. The number of alkyl halides is 3. The number of hydrogen-bond acceptors (Lipinski definition) is 4. The second-order valence-corrected chi connectivity index (χ2v) is 7.74. The van der Waals surface area contributed by atoms with Crippen LogP contribution in [0.1, 0.15) is 5.56 Å². The van der Waals surface area contributed by atoms with Gasteiger partial charge in [0.1, 0.15) is 0 Å². The van der Waals surface area contributed by atoms with Crippen LogP contribution in [-0.2, 0) is 21.0 Å². The minimum absolute atomic E-state index is 0.104. The minimum Gasteiger partial charge on any atom is -0.352 e. The zero-order valence-corrected chi connectivity index (χ0v) is 14.8. The van der Waals surface area contributed by atoms with Crippen LogP contribution in [0, 0.1) is 0 Å². The summed E-state index contributed by atoms with van der Waals surface area (Å²) in [6.07, 6.45) is -3.06. The van der Waals surface area contributed by atoms with Gasteiger partial charge >= 0.3 is 6.18 Å². The Balaban J connectivity index is 2.02. The first-order valence-corrected chi connectivity index (χ1v) is 9.36. The molecule has 0 spiro atoms. The fraction of sp³-hybridized carbons (Fsp3) is 0.438. The standard InChI is InChI=1S/C16H20F3N3O3S/c1-2-6-20-15(23)12-21-7-9-22(10-8-21)26(24,25)14-5-3-4-13(11-14)16(17,18)19/h2-5,11H,1,6-10,12H2,(H,20,23). The van der Waals surface area contributed by atoms with E-state index < -0.39 is 21.8 Å². The summed E-state index contributed by atoms with van der Waals surface area (Å²) < 4.78 is 64.7. The van der Waals surface area contributed by atoms with Crippen LogP contribution >= 0.6 is 0 Å². The second kappa shape index (κ2) is 8.19. The number of amides is 1. The van der Waals surface area contributed by atoms with Crippen LogP contribution in [-0.4, -0.2) is 62.8 Å². The summed E-state index contributed by atoms with van der Waals surface area (Å²) in [4.78, 5) is 13.1. The Morgan fingerprint density at radius 2 is 1.88 bits per heavy atom. The lowest BCUT2D eigenvalue weighted by Crippen LogP contribution is -2.51. The van der Waals surface area contributed by atoms with Crippen molar-refractivity contribution in [1.82, 2.24) is 14.5 Å². The Morgan fingerprint density at radius 1 is 1.23 bits per heavy atom. The Hall–Kier alpha value is -1.91. The van der Waals surface area contributed by atoms with Gasteiger partial charge in [-0.15, -0.1) is 6.58 Å². The van der Waals surface area contributed by atoms with Crippen LogP contribution < -0.4 is 5.32 Å². The molecular weight excluding hydrogens is 371 g/mol. The normalized spacial score (nSPS) is 17.0. The molecule has 1 aliphatic rings. The van der Waals surface area contributed by atoms with E-state index in [4.69, 9.17) is 0 Å². The molecule has 0 bridgehead atoms. The first-order chi connectivity index (χ1) is 12.1. The summed E-state index contributed by atoms with van der Waals surface area (Å²) in [5.41, 5.74) is -1.00. The van der Waals surface area contributed by atoms with Gasteiger partial charge in [-0.1, -0.05) is 12.1 Å². The van der Waals surface area contributed by atoms with Crippen molar-refractivity contribution >= 4 is 15.9 Å². The van der Waals surface area contributed by atoms with Crippen LogP contribution in [0.5, 0.6) is 0 Å². The summed E-state index contributed by atoms with van der Waals surface area (Å²) in [7, 11) is -4.02. The van der Waals surface area contributed by atoms with E-state index in [1.54, 1.807) is 11.0 Å². The highest BCUT2D eigenvalue weighted by molar-refractivity contribution is 7.89. The summed E-state index contributed by atoms with van der Waals surface area (Å²) in [5, 5.41) is 2.63. The molecule has 0 atom stereocenters. The molecule has 144 valence electrons. The quantitative estimate of drug-likeness (QED) is 0.743. The van der Waals surface area contributed by atoms with Gasteiger partial charge in [-0.2, -0.15) is 17.5 Å². The molecule has 0 radical (unpaired) electrons. The maximum absolute atomic E-state index is 12.8. The summed E-state index contributed by atoms with van der Waals surface area (Å²) in [5.74, 6) is -0.195. The number of halogens is 3. The van der Waals surface area contributed by atoms with E-state index in [2.05, 4.69) is 11.9 Å². The lowest BCUT2D eigenvalue weighted by atomic mass is 10.2. The van der Waals surface area contributed by atoms with E-state index in [1.807, 2.05) is 0 Å². The maximum atomic E-state index is 12.8. The predicted octanol–water partition coefficient (Wildman–Crippen LogP) is 1.31. The van der Waals surface area contributed by atoms with Crippen molar-refractivity contribution in [1.29, 1.82) is 0 Å². The van der Waals surface area contributed by atoms with E-state index in [0.29, 0.717) is 25.7 Å². The van der Waals surface area contributed by atoms with E-state index >= 15 is 0 Å². The molecule has 1 aliphatic heterocycles. The number of piperazine rings is 1. The largest absolute Gasteiger partial charge is 0.416 e. The molecule has 2 rings (SSSR count). The number of sulfonamides is 1. The average molecular weight is 391 g/mol. The highest BCUT2D eigenvalue weighted by atomic mass is 32.2. The molecule has 1 heterocycles. The smallest absolute Gasteiger partial charge is 0.352 e. The molecule has 1 amide bonds. The van der Waals surface area contributed by atoms with Gasteiger partial charge in [-0.3, -0.25) is 9.69 Å². The van der Waals surface area contributed by atoms with Crippen LogP contribution in [0.4, 0.5) is 13.2 Å². The van der Waals surface area contributed by atoms with Crippen molar-refractivity contribution < 1.29 is 26.4 Å². The van der Waals surface area contributed by atoms with Gasteiger partial charge in [0.15, 0.2) is 0 Å². The molecule has 10 heteroatoms. The third kappa shape index (κ3) is 5.05. The molecule has 1 fully saturated rings. The average Bonchev–Trinajstić information content (AvgIpc) is 2.60. The van der Waals surface area contributed by atoms with Crippen molar-refractivity contribution in [3.8, 4) is 0 Å². The molecule has 6 nitrogen and oxygen atoms in total. The van der Waals surface area contributed by atoms with E-state index in [1.165, 1.54) is 0 Å². The molecule has 0 aliphatic carbocycles. The Morgan fingerprint density at radius 3 is 2.46 bits per heavy atom. The van der Waals surface area contributed by atoms with Crippen LogP contribution in [0.2, 0.25) is 0 Å². The zero-order chi connectivity index (χ0) is 19.4. The van der Waals surface area contributed by atoms with Gasteiger partial charge in [-0.05, 0) is 18.2 Å². The van der Waals surface area contributed by atoms with Crippen molar-refractivity contribution in [2.75, 3.05) is 39.3 Å². The van der Waals surface area contributed by atoms with Crippen LogP contribution in [0.25, 0.3) is 0 Å². The number of nitrogens with one attached hydrogen (secondary N) is 1. The van der Waals surface area contributed by atoms with Gasteiger partial charge in [0.2, 0.25) is 15.9 Å². The summed E-state index contributed by atoms with van der Waals surface area (Å²) >= 11 is 0. The van der Waals surface area contributed by atoms with E-state index in [9.17, 15) is 26.4 Å². The number of rotatable bonds is 6. The highest BCUT2D eigenvalue weighted by Gasteiger charge is 2.34. The lowest BCUT2D eigenvalue weighted by Gasteiger charge is -2.33. The molecule has 26 heavy (non-hydrogen) atoms. The molecule has 1 aromatic rings. The summed E-state index contributed by atoms with van der Waals surface area (Å²) in [6, 6.07) is 3.71. The SMILES string of the molecule is C=CCNC(=O)CN1CCN(S(=O)(=O)c2cccc(C(F)(F)F)c2)CC1. The van der Waals surface area contributed by atoms with E-state index in [-0.39, 0.29) is 30.4 Å². The van der Waals surface area contributed by atoms with Crippen molar-refractivity contribution in [3.05, 3.63) is 42.5 Å². The molecule has 0 saturated carbocycles. The number of carbonyl (C=O) groups excluding carboxylic acids is 1. The third-order valence-corrected chi connectivity index (χ3v) is 5.84. The highest BCUT2D eigenvalue weighted by Crippen LogP contribution is 2.31. The van der Waals surface area contributed by atoms with Gasteiger partial charge < -0.3 is 5.32 Å². The number of nitrogens with zero attached hydrogens (tertiary/aromatic N) is 2. The van der Waals surface area contributed by atoms with Gasteiger partial charge in [-0.25, -0.2) is 8.42 Å². The Labute approximate surface area is 150 Å². The Bertz CT molecular complexity index is 757. The zero-order valence-electron chi connectivity index (χ0n) is 14.0. The van der Waals surface area contributed by atoms with Gasteiger partial charge in [0.05, 0.1) is 17.0 Å². The van der Waals surface area contributed by atoms with Crippen molar-refractivity contribution in [2.45, 2.75) is 11.1 Å². The fourth-order valence-corrected chi connectivity index (χ4v) is 4.02. The molecular formula is C16H20F3N3O3S.